The van der Waals surface area contributed by atoms with Crippen LogP contribution >= 0.6 is 0 Å². The summed E-state index contributed by atoms with van der Waals surface area (Å²) < 4.78 is 0. The van der Waals surface area contributed by atoms with E-state index in [-0.39, 0.29) is 0 Å². The van der Waals surface area contributed by atoms with E-state index in [0.29, 0.717) is 6.54 Å². The third-order valence-electron chi connectivity index (χ3n) is 1.37. The van der Waals surface area contributed by atoms with Gasteiger partial charge in [-0.2, -0.15) is 0 Å². The molecule has 54 valence electrons. The Morgan fingerprint density at radius 1 is 1.50 bits per heavy atom. The summed E-state index contributed by atoms with van der Waals surface area (Å²) >= 11 is 0. The highest BCUT2D eigenvalue weighted by Crippen LogP contribution is 1.99. The second-order valence-corrected chi connectivity index (χ2v) is 2.25. The molecule has 0 radical (unpaired) electrons. The second kappa shape index (κ2) is 2.75. The maximum absolute atomic E-state index is 5.42. The van der Waals surface area contributed by atoms with Crippen molar-refractivity contribution >= 4 is 0 Å². The molecule has 1 rings (SSSR count). The Morgan fingerprint density at radius 3 is 2.70 bits per heavy atom. The van der Waals surface area contributed by atoms with Crippen LogP contribution in [0, 0.1) is 13.8 Å². The molecule has 1 aromatic heterocycles. The summed E-state index contributed by atoms with van der Waals surface area (Å²) in [5.41, 5.74) is 8.15. The number of nitrogens with two attached hydrogens (primary N) is 1. The Bertz CT molecular complexity index is 232. The van der Waals surface area contributed by atoms with E-state index < -0.39 is 0 Å². The number of hydrogen-bond acceptors (Lipinski definition) is 3. The lowest BCUT2D eigenvalue weighted by Gasteiger charge is -2.00. The number of aromatic nitrogens is 2. The van der Waals surface area contributed by atoms with Gasteiger partial charge in [0.1, 0.15) is 0 Å². The van der Waals surface area contributed by atoms with Crippen LogP contribution in [0.4, 0.5) is 0 Å². The topological polar surface area (TPSA) is 51.8 Å². The molecule has 0 aliphatic carbocycles. The molecule has 0 aromatic carbocycles. The van der Waals surface area contributed by atoms with Crippen LogP contribution in [0.3, 0.4) is 0 Å². The van der Waals surface area contributed by atoms with Gasteiger partial charge in [-0.25, -0.2) is 0 Å². The fraction of sp³-hybridized carbons (Fsp3) is 0.429. The predicted octanol–water partition coefficient (Wildman–Crippen LogP) is 0.552. The van der Waals surface area contributed by atoms with Gasteiger partial charge in [0.2, 0.25) is 0 Å². The van der Waals surface area contributed by atoms with E-state index >= 15 is 0 Å². The molecule has 0 bridgehead atoms. The van der Waals surface area contributed by atoms with Crippen molar-refractivity contribution in [3.05, 3.63) is 23.3 Å². The lowest BCUT2D eigenvalue weighted by Crippen LogP contribution is -2.04. The van der Waals surface area contributed by atoms with Crippen molar-refractivity contribution in [2.24, 2.45) is 5.73 Å². The number of hydrogen-bond donors (Lipinski definition) is 1. The molecule has 10 heavy (non-hydrogen) atoms. The van der Waals surface area contributed by atoms with Crippen LogP contribution in [0.5, 0.6) is 0 Å². The number of aryl methyl sites for hydroxylation is 2. The molecule has 0 saturated heterocycles. The van der Waals surface area contributed by atoms with Crippen LogP contribution in [-0.2, 0) is 6.54 Å². The average molecular weight is 137 g/mol. The van der Waals surface area contributed by atoms with E-state index in [2.05, 4.69) is 9.97 Å². The van der Waals surface area contributed by atoms with Gasteiger partial charge in [0, 0.05) is 12.7 Å². The standard InChI is InChI=1S/C7H11N3/c1-5-4-9-6(2)7(3-8)10-5/h4H,3,8H2,1-2H3. The highest BCUT2D eigenvalue weighted by molar-refractivity contribution is 5.11. The van der Waals surface area contributed by atoms with Crippen LogP contribution in [0.1, 0.15) is 17.1 Å². The molecule has 1 heterocycles. The van der Waals surface area contributed by atoms with Crippen molar-refractivity contribution in [3.8, 4) is 0 Å². The van der Waals surface area contributed by atoms with Crippen LogP contribution in [-0.4, -0.2) is 9.97 Å². The normalized spacial score (nSPS) is 9.90. The lowest BCUT2D eigenvalue weighted by molar-refractivity contribution is 0.907. The maximum Gasteiger partial charge on any atom is 0.0754 e. The van der Waals surface area contributed by atoms with Crippen molar-refractivity contribution in [2.75, 3.05) is 0 Å². The fourth-order valence-corrected chi connectivity index (χ4v) is 0.781. The largest absolute Gasteiger partial charge is 0.325 e. The Hall–Kier alpha value is -0.960. The van der Waals surface area contributed by atoms with Gasteiger partial charge in [-0.05, 0) is 13.8 Å². The van der Waals surface area contributed by atoms with E-state index in [4.69, 9.17) is 5.73 Å². The molecule has 0 spiro atoms. The molecule has 3 nitrogen and oxygen atoms in total. The van der Waals surface area contributed by atoms with Crippen molar-refractivity contribution in [3.63, 3.8) is 0 Å². The van der Waals surface area contributed by atoms with Crippen molar-refractivity contribution in [1.29, 1.82) is 0 Å². The minimum Gasteiger partial charge on any atom is -0.325 e. The van der Waals surface area contributed by atoms with Gasteiger partial charge in [0.05, 0.1) is 17.1 Å². The Labute approximate surface area is 60.3 Å². The maximum atomic E-state index is 5.42. The summed E-state index contributed by atoms with van der Waals surface area (Å²) in [5, 5.41) is 0. The van der Waals surface area contributed by atoms with Crippen LogP contribution in [0.2, 0.25) is 0 Å². The van der Waals surface area contributed by atoms with Crippen molar-refractivity contribution in [1.82, 2.24) is 9.97 Å². The van der Waals surface area contributed by atoms with E-state index in [0.717, 1.165) is 17.1 Å². The zero-order valence-corrected chi connectivity index (χ0v) is 6.26. The van der Waals surface area contributed by atoms with E-state index in [1.54, 1.807) is 6.20 Å². The van der Waals surface area contributed by atoms with Crippen molar-refractivity contribution < 1.29 is 0 Å². The Kier molecular flexibility index (Phi) is 1.97. The quantitative estimate of drug-likeness (QED) is 0.615. The lowest BCUT2D eigenvalue weighted by atomic mass is 10.3. The van der Waals surface area contributed by atoms with Crippen LogP contribution in [0.15, 0.2) is 6.20 Å². The smallest absolute Gasteiger partial charge is 0.0754 e. The molecule has 0 amide bonds. The summed E-state index contributed by atoms with van der Waals surface area (Å²) in [6.07, 6.45) is 1.74. The molecule has 0 atom stereocenters. The molecule has 0 aliphatic heterocycles. The zero-order valence-electron chi connectivity index (χ0n) is 6.26. The van der Waals surface area contributed by atoms with E-state index in [1.165, 1.54) is 0 Å². The monoisotopic (exact) mass is 137 g/mol. The predicted molar refractivity (Wildman–Crippen MR) is 39.4 cm³/mol. The van der Waals surface area contributed by atoms with E-state index in [9.17, 15) is 0 Å². The first kappa shape index (κ1) is 7.15. The van der Waals surface area contributed by atoms with Crippen LogP contribution < -0.4 is 5.73 Å². The summed E-state index contributed by atoms with van der Waals surface area (Å²) in [6.45, 7) is 4.29. The highest BCUT2D eigenvalue weighted by atomic mass is 14.8. The number of nitrogens with zero attached hydrogens (tertiary/aromatic N) is 2. The fourth-order valence-electron chi connectivity index (χ4n) is 0.781. The van der Waals surface area contributed by atoms with Gasteiger partial charge in [-0.3, -0.25) is 9.97 Å². The van der Waals surface area contributed by atoms with Gasteiger partial charge < -0.3 is 5.73 Å². The van der Waals surface area contributed by atoms with Crippen LogP contribution in [0.25, 0.3) is 0 Å². The first-order chi connectivity index (χ1) is 4.74. The second-order valence-electron chi connectivity index (χ2n) is 2.25. The zero-order chi connectivity index (χ0) is 7.56. The SMILES string of the molecule is Cc1cnc(C)c(CN)n1. The molecule has 3 heteroatoms. The highest BCUT2D eigenvalue weighted by Gasteiger charge is 1.97. The molecular formula is C7H11N3. The average Bonchev–Trinajstić information content (AvgIpc) is 1.94. The molecule has 0 fully saturated rings. The summed E-state index contributed by atoms with van der Waals surface area (Å²) in [7, 11) is 0. The molecule has 0 unspecified atom stereocenters. The van der Waals surface area contributed by atoms with Gasteiger partial charge >= 0.3 is 0 Å². The van der Waals surface area contributed by atoms with Gasteiger partial charge in [0.15, 0.2) is 0 Å². The molecule has 2 N–H and O–H groups in total. The molecule has 1 aromatic rings. The van der Waals surface area contributed by atoms with Gasteiger partial charge in [-0.1, -0.05) is 0 Å². The summed E-state index contributed by atoms with van der Waals surface area (Å²) in [4.78, 5) is 8.31. The van der Waals surface area contributed by atoms with Crippen molar-refractivity contribution in [2.45, 2.75) is 20.4 Å². The summed E-state index contributed by atoms with van der Waals surface area (Å²) in [6, 6.07) is 0. The Morgan fingerprint density at radius 2 is 2.20 bits per heavy atom. The minimum absolute atomic E-state index is 0.473. The molecule has 0 aliphatic rings. The molecule has 0 saturated carbocycles. The number of rotatable bonds is 1. The first-order valence-corrected chi connectivity index (χ1v) is 3.23. The minimum atomic E-state index is 0.473. The first-order valence-electron chi connectivity index (χ1n) is 3.23. The van der Waals surface area contributed by atoms with Gasteiger partial charge in [0.25, 0.3) is 0 Å². The third kappa shape index (κ3) is 1.30. The molecular weight excluding hydrogens is 126 g/mol. The van der Waals surface area contributed by atoms with E-state index in [1.807, 2.05) is 13.8 Å². The van der Waals surface area contributed by atoms with Gasteiger partial charge in [-0.15, -0.1) is 0 Å². The summed E-state index contributed by atoms with van der Waals surface area (Å²) in [5.74, 6) is 0. The Balaban J connectivity index is 3.09. The third-order valence-corrected chi connectivity index (χ3v) is 1.37.